The highest BCUT2D eigenvalue weighted by molar-refractivity contribution is 7.85. The van der Waals surface area contributed by atoms with Crippen LogP contribution in [-0.4, -0.2) is 56.1 Å². The molecule has 8 heteroatoms. The molecule has 3 heterocycles. The third-order valence-corrected chi connectivity index (χ3v) is 8.42. The second-order valence-electron chi connectivity index (χ2n) is 10.2. The first-order valence-corrected chi connectivity index (χ1v) is 15.4. The smallest absolute Gasteiger partial charge is 0.162 e. The summed E-state index contributed by atoms with van der Waals surface area (Å²) >= 11 is 0. The van der Waals surface area contributed by atoms with Crippen LogP contribution >= 0.6 is 0 Å². The molecule has 0 spiro atoms. The average molecular weight is 545 g/mol. The lowest BCUT2D eigenvalue weighted by Crippen LogP contribution is -2.07. The van der Waals surface area contributed by atoms with Crippen molar-refractivity contribution in [1.29, 1.82) is 0 Å². The Morgan fingerprint density at radius 1 is 0.658 bits per heavy atom. The van der Waals surface area contributed by atoms with Gasteiger partial charge in [-0.1, -0.05) is 52.4 Å². The fraction of sp³-hybridized carbons (Fsp3) is 0.600. The topological polar surface area (TPSA) is 79.1 Å². The molecule has 0 aliphatic carbocycles. The van der Waals surface area contributed by atoms with Crippen molar-refractivity contribution in [2.24, 2.45) is 0 Å². The van der Waals surface area contributed by atoms with Gasteiger partial charge in [0.05, 0.1) is 47.0 Å². The van der Waals surface area contributed by atoms with Crippen molar-refractivity contribution in [1.82, 2.24) is 0 Å². The van der Waals surface area contributed by atoms with Crippen LogP contribution in [0.15, 0.2) is 34.1 Å². The largest absolute Gasteiger partial charge is 0.490 e. The first-order valence-electron chi connectivity index (χ1n) is 14.2. The van der Waals surface area contributed by atoms with E-state index in [0.717, 1.165) is 59.8 Å². The Hall–Kier alpha value is -2.29. The fourth-order valence-electron chi connectivity index (χ4n) is 4.50. The minimum Gasteiger partial charge on any atom is -0.490 e. The van der Waals surface area contributed by atoms with E-state index in [1.165, 1.54) is 25.7 Å². The molecule has 7 nitrogen and oxygen atoms in total. The Bertz CT molecular complexity index is 1020. The van der Waals surface area contributed by atoms with Gasteiger partial charge >= 0.3 is 0 Å². The summed E-state index contributed by atoms with van der Waals surface area (Å²) in [6, 6.07) is 7.69. The van der Waals surface area contributed by atoms with Gasteiger partial charge in [-0.15, -0.1) is 0 Å². The molecule has 2 saturated heterocycles. The molecule has 2 atom stereocenters. The first-order chi connectivity index (χ1) is 18.7. The van der Waals surface area contributed by atoms with E-state index in [4.69, 9.17) is 28.4 Å². The number of hydrogen-bond donors (Lipinski definition) is 0. The summed E-state index contributed by atoms with van der Waals surface area (Å²) in [4.78, 5) is 1.46. The van der Waals surface area contributed by atoms with Gasteiger partial charge in [0.25, 0.3) is 0 Å². The lowest BCUT2D eigenvalue weighted by Gasteiger charge is -2.15. The van der Waals surface area contributed by atoms with E-state index in [2.05, 4.69) is 13.8 Å². The molecule has 2 unspecified atom stereocenters. The van der Waals surface area contributed by atoms with Crippen LogP contribution in [0.4, 0.5) is 0 Å². The predicted octanol–water partition coefficient (Wildman–Crippen LogP) is 6.31. The molecule has 3 aliphatic rings. The zero-order chi connectivity index (χ0) is 26.3. The van der Waals surface area contributed by atoms with Gasteiger partial charge in [-0.3, -0.25) is 0 Å². The molecule has 2 aromatic rings. The maximum Gasteiger partial charge on any atom is 0.162 e. The Labute approximate surface area is 228 Å². The van der Waals surface area contributed by atoms with E-state index in [1.54, 1.807) is 0 Å². The monoisotopic (exact) mass is 544 g/mol. The second kappa shape index (κ2) is 13.2. The summed E-state index contributed by atoms with van der Waals surface area (Å²) < 4.78 is 48.9. The van der Waals surface area contributed by atoms with Gasteiger partial charge in [0.2, 0.25) is 0 Å². The Balaban J connectivity index is 1.39. The Kier molecular flexibility index (Phi) is 9.46. The lowest BCUT2D eigenvalue weighted by atomic mass is 10.0. The van der Waals surface area contributed by atoms with Crippen molar-refractivity contribution < 1.29 is 32.6 Å². The van der Waals surface area contributed by atoms with Gasteiger partial charge in [-0.05, 0) is 25.0 Å². The van der Waals surface area contributed by atoms with Crippen molar-refractivity contribution in [2.75, 3.05) is 39.6 Å². The van der Waals surface area contributed by atoms with E-state index in [9.17, 15) is 4.21 Å². The second-order valence-corrected chi connectivity index (χ2v) is 11.6. The van der Waals surface area contributed by atoms with Gasteiger partial charge in [0, 0.05) is 23.3 Å². The maximum absolute atomic E-state index is 13.7. The molecular weight excluding hydrogens is 504 g/mol. The molecule has 0 saturated carbocycles. The molecule has 0 radical (unpaired) electrons. The summed E-state index contributed by atoms with van der Waals surface area (Å²) in [6.45, 7) is 7.98. The van der Waals surface area contributed by atoms with Gasteiger partial charge in [-0.2, -0.15) is 0 Å². The molecule has 38 heavy (non-hydrogen) atoms. The minimum atomic E-state index is -1.35. The molecule has 0 bridgehead atoms. The van der Waals surface area contributed by atoms with Crippen LogP contribution in [0.1, 0.15) is 65.2 Å². The Morgan fingerprint density at radius 2 is 1.08 bits per heavy atom. The molecule has 0 aromatic heterocycles. The van der Waals surface area contributed by atoms with Gasteiger partial charge < -0.3 is 28.4 Å². The number of epoxide rings is 2. The Morgan fingerprint density at radius 3 is 1.47 bits per heavy atom. The third-order valence-electron chi connectivity index (χ3n) is 6.95. The summed E-state index contributed by atoms with van der Waals surface area (Å²) in [7, 11) is -1.35. The van der Waals surface area contributed by atoms with Gasteiger partial charge in [0.15, 0.2) is 23.0 Å². The first kappa shape index (κ1) is 27.3. The highest BCUT2D eigenvalue weighted by Crippen LogP contribution is 2.49. The highest BCUT2D eigenvalue weighted by atomic mass is 32.2. The summed E-state index contributed by atoms with van der Waals surface area (Å²) in [5.41, 5.74) is 1.76. The lowest BCUT2D eigenvalue weighted by molar-refractivity contribution is 0.238. The van der Waals surface area contributed by atoms with Crippen LogP contribution in [0.25, 0.3) is 11.1 Å². The number of hydrogen-bond acceptors (Lipinski definition) is 7. The highest BCUT2D eigenvalue weighted by Gasteiger charge is 2.32. The van der Waals surface area contributed by atoms with Crippen molar-refractivity contribution >= 4 is 10.8 Å². The minimum absolute atomic E-state index is 0.128. The molecular formula is C30H40O7S. The summed E-state index contributed by atoms with van der Waals surface area (Å²) in [6.07, 6.45) is 9.19. The molecule has 2 aromatic carbocycles. The number of rotatable bonds is 18. The number of ether oxygens (including phenoxy) is 6. The number of fused-ring (bicyclic) bond motifs is 3. The van der Waals surface area contributed by atoms with Crippen LogP contribution < -0.4 is 18.9 Å². The molecule has 3 aliphatic heterocycles. The number of unbranched alkanes of at least 4 members (excludes halogenated alkanes) is 6. The maximum atomic E-state index is 13.7. The average Bonchev–Trinajstić information content (AvgIpc) is 3.86. The molecule has 0 amide bonds. The zero-order valence-corrected chi connectivity index (χ0v) is 23.4. The van der Waals surface area contributed by atoms with Crippen molar-refractivity contribution in [3.05, 3.63) is 24.3 Å². The predicted molar refractivity (Wildman–Crippen MR) is 146 cm³/mol. The van der Waals surface area contributed by atoms with Crippen molar-refractivity contribution in [3.63, 3.8) is 0 Å². The third kappa shape index (κ3) is 7.01. The van der Waals surface area contributed by atoms with Crippen LogP contribution in [0.5, 0.6) is 23.0 Å². The zero-order valence-electron chi connectivity index (χ0n) is 22.6. The van der Waals surface area contributed by atoms with E-state index in [-0.39, 0.29) is 12.2 Å². The van der Waals surface area contributed by atoms with Crippen molar-refractivity contribution in [2.45, 2.75) is 87.2 Å². The summed E-state index contributed by atoms with van der Waals surface area (Å²) in [5.74, 6) is 2.59. The van der Waals surface area contributed by atoms with Crippen molar-refractivity contribution in [3.8, 4) is 34.1 Å². The number of benzene rings is 2. The normalized spacial score (nSPS) is 20.5. The molecule has 208 valence electrons. The molecule has 5 rings (SSSR count). The van der Waals surface area contributed by atoms with E-state index in [1.807, 2.05) is 24.3 Å². The quantitative estimate of drug-likeness (QED) is 0.137. The van der Waals surface area contributed by atoms with Crippen LogP contribution in [0, 0.1) is 0 Å². The van der Waals surface area contributed by atoms with Crippen LogP contribution in [0.3, 0.4) is 0 Å². The van der Waals surface area contributed by atoms with Gasteiger partial charge in [-0.25, -0.2) is 4.21 Å². The summed E-state index contributed by atoms with van der Waals surface area (Å²) in [5, 5.41) is 0. The van der Waals surface area contributed by atoms with Crippen LogP contribution in [0.2, 0.25) is 0 Å². The molecule has 0 N–H and O–H groups in total. The molecule has 2 fully saturated rings. The van der Waals surface area contributed by atoms with E-state index in [0.29, 0.717) is 49.4 Å². The van der Waals surface area contributed by atoms with E-state index >= 15 is 0 Å². The van der Waals surface area contributed by atoms with Gasteiger partial charge in [0.1, 0.15) is 25.4 Å². The standard InChI is InChI=1S/C30H40O7S/c1-3-5-7-9-11-32-27-15-29-23(13-25(27)36-19-21-17-34-21)24-14-26(37-20-22-18-35-22)28(16-30(24)38(29)31)33-12-10-8-6-4-2/h13-16,21-22H,3-12,17-20H2,1-2H3. The fourth-order valence-corrected chi connectivity index (χ4v) is 5.90. The van der Waals surface area contributed by atoms with E-state index < -0.39 is 10.8 Å². The van der Waals surface area contributed by atoms with Crippen LogP contribution in [-0.2, 0) is 20.3 Å². The SMILES string of the molecule is CCCCCCOc1cc2c(cc1OCC1CO1)-c1cc(OCC3CO3)c(OCCCCCC)cc1S2=O.